The largest absolute Gasteiger partial charge is 0.354 e. The number of amides is 2. The molecule has 0 saturated carbocycles. The molecule has 0 aliphatic carbocycles. The fraction of sp³-hybridized carbons (Fsp3) is 0.417. The van der Waals surface area contributed by atoms with E-state index in [2.05, 4.69) is 12.2 Å². The number of rotatable bonds is 12. The first-order valence-electron chi connectivity index (χ1n) is 10.6. The minimum Gasteiger partial charge on any atom is -0.354 e. The number of hydrogen-bond acceptors (Lipinski definition) is 3. The average molecular weight is 481 g/mol. The van der Waals surface area contributed by atoms with E-state index in [0.717, 1.165) is 24.0 Å². The normalized spacial score (nSPS) is 11.7. The lowest BCUT2D eigenvalue weighted by atomic mass is 10.1. The van der Waals surface area contributed by atoms with Crippen LogP contribution in [0.4, 0.5) is 0 Å². The summed E-state index contributed by atoms with van der Waals surface area (Å²) in [6.07, 6.45) is 2.44. The maximum atomic E-state index is 13.2. The molecule has 1 atom stereocenters. The number of benzene rings is 2. The minimum atomic E-state index is -0.540. The van der Waals surface area contributed by atoms with Crippen LogP contribution >= 0.6 is 35.0 Å². The van der Waals surface area contributed by atoms with Crippen LogP contribution in [0.25, 0.3) is 0 Å². The molecule has 2 aromatic rings. The zero-order chi connectivity index (χ0) is 22.6. The molecule has 31 heavy (non-hydrogen) atoms. The van der Waals surface area contributed by atoms with Crippen molar-refractivity contribution in [3.05, 3.63) is 69.7 Å². The SMILES string of the molecule is CCCCNC(=O)[C@H](CC)N(Cc1ccccc1Cl)C(=O)CSCc1ccccc1Cl. The van der Waals surface area contributed by atoms with Gasteiger partial charge in [-0.1, -0.05) is 79.9 Å². The van der Waals surface area contributed by atoms with Crippen LogP contribution in [0.3, 0.4) is 0 Å². The van der Waals surface area contributed by atoms with Gasteiger partial charge in [-0.25, -0.2) is 0 Å². The molecule has 0 spiro atoms. The number of carbonyl (C=O) groups excluding carboxylic acids is 2. The summed E-state index contributed by atoms with van der Waals surface area (Å²) in [4.78, 5) is 27.7. The number of thioether (sulfide) groups is 1. The Bertz CT molecular complexity index is 863. The summed E-state index contributed by atoms with van der Waals surface area (Å²) < 4.78 is 0. The molecular formula is C24H30Cl2N2O2S. The van der Waals surface area contributed by atoms with Crippen LogP contribution in [0.1, 0.15) is 44.2 Å². The number of carbonyl (C=O) groups is 2. The second-order valence-corrected chi connectivity index (χ2v) is 9.07. The number of unbranched alkanes of at least 4 members (excludes halogenated alkanes) is 1. The van der Waals surface area contributed by atoms with Crippen molar-refractivity contribution in [2.45, 2.75) is 51.4 Å². The van der Waals surface area contributed by atoms with E-state index in [-0.39, 0.29) is 17.6 Å². The monoisotopic (exact) mass is 480 g/mol. The third-order valence-electron chi connectivity index (χ3n) is 4.95. The molecule has 0 fully saturated rings. The van der Waals surface area contributed by atoms with Crippen LogP contribution < -0.4 is 5.32 Å². The van der Waals surface area contributed by atoms with Crippen molar-refractivity contribution in [1.29, 1.82) is 0 Å². The number of nitrogens with one attached hydrogen (secondary N) is 1. The predicted octanol–water partition coefficient (Wildman–Crippen LogP) is 5.95. The van der Waals surface area contributed by atoms with Gasteiger partial charge in [-0.15, -0.1) is 11.8 Å². The second kappa shape index (κ2) is 13.7. The van der Waals surface area contributed by atoms with Crippen molar-refractivity contribution in [2.24, 2.45) is 0 Å². The molecule has 4 nitrogen and oxygen atoms in total. The molecule has 2 amide bonds. The smallest absolute Gasteiger partial charge is 0.242 e. The van der Waals surface area contributed by atoms with Crippen LogP contribution in [-0.4, -0.2) is 35.1 Å². The zero-order valence-electron chi connectivity index (χ0n) is 18.1. The summed E-state index contributed by atoms with van der Waals surface area (Å²) in [5.74, 6) is 0.682. The van der Waals surface area contributed by atoms with E-state index in [0.29, 0.717) is 35.3 Å². The lowest BCUT2D eigenvalue weighted by molar-refractivity contribution is -0.139. The first kappa shape index (κ1) is 25.6. The van der Waals surface area contributed by atoms with Gasteiger partial charge >= 0.3 is 0 Å². The maximum Gasteiger partial charge on any atom is 0.242 e. The van der Waals surface area contributed by atoms with Gasteiger partial charge in [0.15, 0.2) is 0 Å². The third kappa shape index (κ3) is 8.06. The number of hydrogen-bond donors (Lipinski definition) is 1. The van der Waals surface area contributed by atoms with E-state index >= 15 is 0 Å². The van der Waals surface area contributed by atoms with Crippen LogP contribution in [-0.2, 0) is 21.9 Å². The fourth-order valence-corrected chi connectivity index (χ4v) is 4.57. The lowest BCUT2D eigenvalue weighted by Crippen LogP contribution is -2.49. The molecule has 7 heteroatoms. The molecule has 0 aromatic heterocycles. The summed E-state index contributed by atoms with van der Waals surface area (Å²) in [5.41, 5.74) is 1.82. The Morgan fingerprint density at radius 1 is 1.00 bits per heavy atom. The van der Waals surface area contributed by atoms with E-state index in [4.69, 9.17) is 23.2 Å². The van der Waals surface area contributed by atoms with Gasteiger partial charge in [0.2, 0.25) is 11.8 Å². The van der Waals surface area contributed by atoms with Gasteiger partial charge in [-0.3, -0.25) is 9.59 Å². The molecule has 0 bridgehead atoms. The van der Waals surface area contributed by atoms with Gasteiger partial charge in [-0.05, 0) is 36.1 Å². The Balaban J connectivity index is 2.13. The number of halogens is 2. The van der Waals surface area contributed by atoms with Crippen molar-refractivity contribution in [3.8, 4) is 0 Å². The first-order valence-corrected chi connectivity index (χ1v) is 12.5. The van der Waals surface area contributed by atoms with Crippen molar-refractivity contribution in [2.75, 3.05) is 12.3 Å². The fourth-order valence-electron chi connectivity index (χ4n) is 3.18. The van der Waals surface area contributed by atoms with E-state index in [1.54, 1.807) is 11.0 Å². The van der Waals surface area contributed by atoms with Crippen molar-refractivity contribution in [3.63, 3.8) is 0 Å². The quantitative estimate of drug-likeness (QED) is 0.381. The Morgan fingerprint density at radius 2 is 1.61 bits per heavy atom. The topological polar surface area (TPSA) is 49.4 Å². The predicted molar refractivity (Wildman–Crippen MR) is 132 cm³/mol. The molecule has 0 heterocycles. The summed E-state index contributed by atoms with van der Waals surface area (Å²) in [5, 5.41) is 4.25. The second-order valence-electron chi connectivity index (χ2n) is 7.27. The van der Waals surface area contributed by atoms with Crippen LogP contribution in [0, 0.1) is 0 Å². The van der Waals surface area contributed by atoms with E-state index in [1.165, 1.54) is 11.8 Å². The first-order chi connectivity index (χ1) is 15.0. The molecule has 2 rings (SSSR count). The maximum absolute atomic E-state index is 13.2. The molecule has 1 N–H and O–H groups in total. The standard InChI is InChI=1S/C24H30Cl2N2O2S/c1-3-5-14-27-24(30)22(4-2)28(15-18-10-6-8-12-20(18)25)23(29)17-31-16-19-11-7-9-13-21(19)26/h6-13,22H,3-5,14-17H2,1-2H3,(H,27,30)/t22-/m0/s1. The van der Waals surface area contributed by atoms with Crippen LogP contribution in [0.15, 0.2) is 48.5 Å². The van der Waals surface area contributed by atoms with Gasteiger partial charge in [0.05, 0.1) is 5.75 Å². The highest BCUT2D eigenvalue weighted by molar-refractivity contribution is 7.99. The van der Waals surface area contributed by atoms with E-state index in [9.17, 15) is 9.59 Å². The summed E-state index contributed by atoms with van der Waals surface area (Å²) >= 11 is 14.1. The van der Waals surface area contributed by atoms with Crippen molar-refractivity contribution in [1.82, 2.24) is 10.2 Å². The van der Waals surface area contributed by atoms with Crippen LogP contribution in [0.5, 0.6) is 0 Å². The molecule has 0 saturated heterocycles. The summed E-state index contributed by atoms with van der Waals surface area (Å²) in [6.45, 7) is 4.91. The van der Waals surface area contributed by atoms with Crippen molar-refractivity contribution >= 4 is 46.8 Å². The molecule has 0 radical (unpaired) electrons. The molecule has 0 aliphatic rings. The molecule has 0 aliphatic heterocycles. The minimum absolute atomic E-state index is 0.0885. The summed E-state index contributed by atoms with van der Waals surface area (Å²) in [6, 6.07) is 14.5. The Morgan fingerprint density at radius 3 is 2.19 bits per heavy atom. The molecule has 168 valence electrons. The highest BCUT2D eigenvalue weighted by atomic mass is 35.5. The Labute approximate surface area is 199 Å². The van der Waals surface area contributed by atoms with Gasteiger partial charge in [-0.2, -0.15) is 0 Å². The lowest BCUT2D eigenvalue weighted by Gasteiger charge is -2.31. The van der Waals surface area contributed by atoms with Gasteiger partial charge in [0.1, 0.15) is 6.04 Å². The Hall–Kier alpha value is -1.69. The molecule has 2 aromatic carbocycles. The van der Waals surface area contributed by atoms with Gasteiger partial charge in [0.25, 0.3) is 0 Å². The third-order valence-corrected chi connectivity index (χ3v) is 6.66. The average Bonchev–Trinajstić information content (AvgIpc) is 2.76. The van der Waals surface area contributed by atoms with E-state index < -0.39 is 6.04 Å². The number of nitrogens with zero attached hydrogens (tertiary/aromatic N) is 1. The highest BCUT2D eigenvalue weighted by Gasteiger charge is 2.28. The van der Waals surface area contributed by atoms with Gasteiger partial charge in [0, 0.05) is 28.9 Å². The molecular weight excluding hydrogens is 451 g/mol. The van der Waals surface area contributed by atoms with Crippen molar-refractivity contribution < 1.29 is 9.59 Å². The summed E-state index contributed by atoms with van der Waals surface area (Å²) in [7, 11) is 0. The van der Waals surface area contributed by atoms with E-state index in [1.807, 2.05) is 49.4 Å². The molecule has 0 unspecified atom stereocenters. The van der Waals surface area contributed by atoms with Gasteiger partial charge < -0.3 is 10.2 Å². The highest BCUT2D eigenvalue weighted by Crippen LogP contribution is 2.23. The Kier molecular flexibility index (Phi) is 11.3. The van der Waals surface area contributed by atoms with Crippen LogP contribution in [0.2, 0.25) is 10.0 Å². The zero-order valence-corrected chi connectivity index (χ0v) is 20.4.